The van der Waals surface area contributed by atoms with Crippen LogP contribution in [0.5, 0.6) is 0 Å². The average molecular weight is 442 g/mol. The summed E-state index contributed by atoms with van der Waals surface area (Å²) in [6, 6.07) is 1.63. The topological polar surface area (TPSA) is 138 Å². The van der Waals surface area contributed by atoms with Crippen LogP contribution in [-0.2, 0) is 35.2 Å². The number of anilines is 1. The molecule has 1 heterocycles. The fourth-order valence-corrected chi connectivity index (χ4v) is 4.59. The molecule has 1 aromatic heterocycles. The fourth-order valence-electron chi connectivity index (χ4n) is 2.63. The van der Waals surface area contributed by atoms with Gasteiger partial charge in [-0.1, -0.05) is 6.92 Å². The number of ether oxygens (including phenoxy) is 2. The van der Waals surface area contributed by atoms with E-state index in [-0.39, 0.29) is 36.1 Å². The van der Waals surface area contributed by atoms with E-state index in [2.05, 4.69) is 19.2 Å². The Bertz CT molecular complexity index is 862. The van der Waals surface area contributed by atoms with E-state index in [4.69, 9.17) is 5.73 Å². The molecule has 0 aliphatic carbocycles. The van der Waals surface area contributed by atoms with Gasteiger partial charge in [0.05, 0.1) is 29.5 Å². The van der Waals surface area contributed by atoms with Crippen molar-refractivity contribution in [2.75, 3.05) is 25.7 Å². The maximum absolute atomic E-state index is 13.4. The molecule has 168 valence electrons. The zero-order chi connectivity index (χ0) is 22.6. The van der Waals surface area contributed by atoms with Crippen LogP contribution in [0.3, 0.4) is 0 Å². The third-order valence-corrected chi connectivity index (χ3v) is 6.62. The van der Waals surface area contributed by atoms with E-state index in [1.165, 1.54) is 25.8 Å². The van der Waals surface area contributed by atoms with Crippen molar-refractivity contribution in [3.8, 4) is 0 Å². The Morgan fingerprint density at radius 1 is 1.13 bits per heavy atom. The highest BCUT2D eigenvalue weighted by atomic mass is 32.2. The molecule has 0 aromatic carbocycles. The van der Waals surface area contributed by atoms with Gasteiger partial charge in [0.25, 0.3) is 5.91 Å². The number of rotatable bonds is 12. The summed E-state index contributed by atoms with van der Waals surface area (Å²) < 4.78 is 25.2. The second-order valence-electron chi connectivity index (χ2n) is 6.65. The number of carbonyl (C=O) groups excluding carboxylic acids is 3. The van der Waals surface area contributed by atoms with Crippen molar-refractivity contribution in [3.05, 3.63) is 23.4 Å². The maximum atomic E-state index is 13.4. The van der Waals surface area contributed by atoms with Crippen molar-refractivity contribution < 1.29 is 28.1 Å². The highest BCUT2D eigenvalue weighted by Gasteiger charge is 2.15. The van der Waals surface area contributed by atoms with E-state index in [1.807, 2.05) is 6.92 Å². The van der Waals surface area contributed by atoms with Crippen molar-refractivity contribution >= 4 is 38.7 Å². The van der Waals surface area contributed by atoms with Crippen molar-refractivity contribution in [2.24, 2.45) is 0 Å². The van der Waals surface area contributed by atoms with Gasteiger partial charge in [-0.05, 0) is 49.1 Å². The third-order valence-electron chi connectivity index (χ3n) is 4.42. The Kier molecular flexibility index (Phi) is 10.9. The molecule has 9 nitrogen and oxygen atoms in total. The summed E-state index contributed by atoms with van der Waals surface area (Å²) in [6.45, 7) is 1.90. The van der Waals surface area contributed by atoms with Crippen molar-refractivity contribution in [2.45, 2.75) is 51.9 Å². The van der Waals surface area contributed by atoms with Gasteiger partial charge in [0.15, 0.2) is 0 Å². The van der Waals surface area contributed by atoms with Crippen LogP contribution in [0.25, 0.3) is 0 Å². The predicted octanol–water partition coefficient (Wildman–Crippen LogP) is 1.64. The maximum Gasteiger partial charge on any atom is 0.305 e. The van der Waals surface area contributed by atoms with E-state index in [0.29, 0.717) is 37.9 Å². The molecule has 0 aliphatic heterocycles. The van der Waals surface area contributed by atoms with Gasteiger partial charge in [-0.3, -0.25) is 19.1 Å². The molecule has 10 heteroatoms. The SMILES string of the molecule is CCc1cc(C(=O)NS(=O)(=CCCCC(=O)OC)CCCCC(=O)OC)cnc1N. The number of amides is 1. The second-order valence-corrected chi connectivity index (χ2v) is 9.05. The summed E-state index contributed by atoms with van der Waals surface area (Å²) in [6.07, 6.45) is 4.13. The van der Waals surface area contributed by atoms with Gasteiger partial charge < -0.3 is 15.2 Å². The number of unbranched alkanes of at least 4 members (excludes halogenated alkanes) is 2. The molecule has 0 saturated heterocycles. The van der Waals surface area contributed by atoms with E-state index in [1.54, 1.807) is 6.07 Å². The van der Waals surface area contributed by atoms with Crippen LogP contribution in [-0.4, -0.2) is 52.4 Å². The lowest BCUT2D eigenvalue weighted by Gasteiger charge is -2.14. The molecule has 0 spiro atoms. The van der Waals surface area contributed by atoms with Crippen LogP contribution in [0, 0.1) is 0 Å². The molecule has 1 unspecified atom stereocenters. The number of nitrogens with zero attached hydrogens (tertiary/aromatic N) is 1. The molecular formula is C20H31N3O6S. The highest BCUT2D eigenvalue weighted by Crippen LogP contribution is 2.12. The van der Waals surface area contributed by atoms with Crippen molar-refractivity contribution in [1.82, 2.24) is 9.71 Å². The van der Waals surface area contributed by atoms with Crippen LogP contribution in [0.4, 0.5) is 5.82 Å². The van der Waals surface area contributed by atoms with Gasteiger partial charge in [0.2, 0.25) is 0 Å². The van der Waals surface area contributed by atoms with Crippen LogP contribution >= 0.6 is 0 Å². The average Bonchev–Trinajstić information content (AvgIpc) is 2.74. The van der Waals surface area contributed by atoms with Crippen LogP contribution in [0.2, 0.25) is 0 Å². The minimum atomic E-state index is -2.86. The van der Waals surface area contributed by atoms with Crippen LogP contribution in [0.15, 0.2) is 12.3 Å². The highest BCUT2D eigenvalue weighted by molar-refractivity contribution is 8.00. The molecule has 0 fully saturated rings. The minimum absolute atomic E-state index is 0.178. The zero-order valence-corrected chi connectivity index (χ0v) is 18.6. The number of hydrogen-bond donors (Lipinski definition) is 2. The number of nitrogens with two attached hydrogens (primary N) is 1. The Labute approximate surface area is 177 Å². The minimum Gasteiger partial charge on any atom is -0.469 e. The van der Waals surface area contributed by atoms with Gasteiger partial charge in [-0.25, -0.2) is 9.19 Å². The molecule has 0 radical (unpaired) electrons. The lowest BCUT2D eigenvalue weighted by atomic mass is 10.1. The number of esters is 2. The van der Waals surface area contributed by atoms with Gasteiger partial charge in [0.1, 0.15) is 5.82 Å². The fraction of sp³-hybridized carbons (Fsp3) is 0.550. The number of carbonyl (C=O) groups is 3. The van der Waals surface area contributed by atoms with Gasteiger partial charge in [0, 0.05) is 24.8 Å². The number of nitrogens with one attached hydrogen (secondary N) is 1. The summed E-state index contributed by atoms with van der Waals surface area (Å²) in [4.78, 5) is 39.2. The van der Waals surface area contributed by atoms with Crippen molar-refractivity contribution in [3.63, 3.8) is 0 Å². The van der Waals surface area contributed by atoms with Gasteiger partial charge in [-0.2, -0.15) is 0 Å². The number of nitrogen functional groups attached to an aromatic ring is 1. The summed E-state index contributed by atoms with van der Waals surface area (Å²) in [7, 11) is -0.244. The van der Waals surface area contributed by atoms with E-state index in [9.17, 15) is 18.6 Å². The number of aryl methyl sites for hydroxylation is 1. The molecule has 1 atom stereocenters. The molecule has 0 aliphatic rings. The van der Waals surface area contributed by atoms with E-state index >= 15 is 0 Å². The summed E-state index contributed by atoms with van der Waals surface area (Å²) in [5.41, 5.74) is 6.78. The molecule has 1 aromatic rings. The molecule has 0 saturated carbocycles. The monoisotopic (exact) mass is 441 g/mol. The first-order chi connectivity index (χ1) is 14.2. The molecule has 3 N–H and O–H groups in total. The van der Waals surface area contributed by atoms with Gasteiger partial charge >= 0.3 is 11.9 Å². The lowest BCUT2D eigenvalue weighted by Crippen LogP contribution is -2.34. The molecule has 0 bridgehead atoms. The number of methoxy groups -OCH3 is 2. The summed E-state index contributed by atoms with van der Waals surface area (Å²) >= 11 is 0. The molecule has 1 amide bonds. The Hall–Kier alpha value is -2.62. The summed E-state index contributed by atoms with van der Waals surface area (Å²) in [5, 5.41) is 1.54. The third kappa shape index (κ3) is 8.81. The number of hydrogen-bond acceptors (Lipinski definition) is 8. The van der Waals surface area contributed by atoms with E-state index < -0.39 is 15.6 Å². The Morgan fingerprint density at radius 2 is 1.77 bits per heavy atom. The Balaban J connectivity index is 2.89. The molecule has 1 rings (SSSR count). The number of pyridine rings is 1. The zero-order valence-electron chi connectivity index (χ0n) is 17.8. The van der Waals surface area contributed by atoms with E-state index in [0.717, 1.165) is 5.56 Å². The normalized spacial score (nSPS) is 12.5. The lowest BCUT2D eigenvalue weighted by molar-refractivity contribution is -0.141. The van der Waals surface area contributed by atoms with Gasteiger partial charge in [-0.15, -0.1) is 0 Å². The smallest absolute Gasteiger partial charge is 0.305 e. The largest absolute Gasteiger partial charge is 0.469 e. The molecular weight excluding hydrogens is 410 g/mol. The predicted molar refractivity (Wildman–Crippen MR) is 116 cm³/mol. The first-order valence-corrected chi connectivity index (χ1v) is 11.6. The first kappa shape index (κ1) is 25.4. The van der Waals surface area contributed by atoms with Crippen LogP contribution in [0.1, 0.15) is 61.4 Å². The number of aromatic nitrogens is 1. The first-order valence-electron chi connectivity index (χ1n) is 9.79. The summed E-state index contributed by atoms with van der Waals surface area (Å²) in [5.74, 6) is -0.673. The van der Waals surface area contributed by atoms with Crippen molar-refractivity contribution in [1.29, 1.82) is 0 Å². The Morgan fingerprint density at radius 3 is 2.37 bits per heavy atom. The standard InChI is InChI=1S/C20H31N3O6S/c1-4-15-13-16(14-22-19(15)21)20(26)23-30(27,11-7-5-9-17(24)28-2)12-8-6-10-18(25)29-3/h11,13-14H,4-10,12H2,1-3H3,(H2,21,22)(H,23,26,27). The quantitative estimate of drug-likeness (QED) is 0.284. The second kappa shape index (κ2) is 12.8. The van der Waals surface area contributed by atoms with Crippen LogP contribution < -0.4 is 10.5 Å². The molecule has 30 heavy (non-hydrogen) atoms.